The van der Waals surface area contributed by atoms with Gasteiger partial charge in [-0.05, 0) is 27.7 Å². The molecule has 0 atom stereocenters. The van der Waals surface area contributed by atoms with Crippen LogP contribution in [0.5, 0.6) is 0 Å². The number of aldehydes is 2. The fourth-order valence-corrected chi connectivity index (χ4v) is 0.592. The van der Waals surface area contributed by atoms with Crippen molar-refractivity contribution in [2.75, 3.05) is 27.3 Å². The third-order valence-corrected chi connectivity index (χ3v) is 1.37. The van der Waals surface area contributed by atoms with Crippen LogP contribution in [-0.2, 0) is 23.9 Å². The molecule has 9 heteroatoms. The van der Waals surface area contributed by atoms with Gasteiger partial charge in [-0.1, -0.05) is 0 Å². The van der Waals surface area contributed by atoms with E-state index in [2.05, 4.69) is 15.5 Å². The van der Waals surface area contributed by atoms with Crippen molar-refractivity contribution in [3.05, 3.63) is 0 Å². The number of carbonyl (C=O) groups is 4. The molecule has 0 aliphatic heterocycles. The van der Waals surface area contributed by atoms with Crippen LogP contribution in [0.1, 0.15) is 27.7 Å². The fourth-order valence-electron chi connectivity index (χ4n) is 0.592. The van der Waals surface area contributed by atoms with Gasteiger partial charge < -0.3 is 19.6 Å². The molecule has 0 aromatic heterocycles. The molecule has 2 amide bonds. The standard InChI is InChI=1S/C7H13NO3.C3H6N2O2.C3H8O/c1-7(2,3)11-6(10)8-4-5-9;1-4-5-3(7)2-6;1-3-4-2/h5H,4H2,1-3H3,(H,8,10);2,4H,1H3,(H,5,7);3H2,1-2H3. The highest BCUT2D eigenvalue weighted by atomic mass is 16.6. The molecule has 9 nitrogen and oxygen atoms in total. The second kappa shape index (κ2) is 17.1. The molecule has 0 aromatic rings. The molecule has 0 rings (SSSR count). The third-order valence-electron chi connectivity index (χ3n) is 1.37. The monoisotopic (exact) mass is 321 g/mol. The lowest BCUT2D eigenvalue weighted by Gasteiger charge is -2.18. The molecule has 0 fully saturated rings. The topological polar surface area (TPSA) is 123 Å². The van der Waals surface area contributed by atoms with Crippen molar-refractivity contribution in [1.82, 2.24) is 16.2 Å². The van der Waals surface area contributed by atoms with E-state index in [9.17, 15) is 19.2 Å². The molecule has 0 aliphatic rings. The van der Waals surface area contributed by atoms with E-state index >= 15 is 0 Å². The molecule has 0 radical (unpaired) electrons. The van der Waals surface area contributed by atoms with Gasteiger partial charge in [-0.2, -0.15) is 0 Å². The maximum Gasteiger partial charge on any atom is 0.408 e. The van der Waals surface area contributed by atoms with E-state index < -0.39 is 17.6 Å². The minimum Gasteiger partial charge on any atom is -0.444 e. The summed E-state index contributed by atoms with van der Waals surface area (Å²) in [5.41, 5.74) is 3.82. The minimum absolute atomic E-state index is 0.00505. The molecule has 130 valence electrons. The molecule has 22 heavy (non-hydrogen) atoms. The summed E-state index contributed by atoms with van der Waals surface area (Å²) in [6, 6.07) is 0. The highest BCUT2D eigenvalue weighted by Crippen LogP contribution is 2.05. The number of amides is 2. The van der Waals surface area contributed by atoms with Crippen LogP contribution < -0.4 is 16.2 Å². The first-order valence-corrected chi connectivity index (χ1v) is 6.49. The Kier molecular flexibility index (Phi) is 19.4. The molecule has 0 saturated carbocycles. The highest BCUT2D eigenvalue weighted by molar-refractivity contribution is 6.23. The summed E-state index contributed by atoms with van der Waals surface area (Å²) in [5.74, 6) is -0.664. The summed E-state index contributed by atoms with van der Waals surface area (Å²) in [6.07, 6.45) is 0.227. The van der Waals surface area contributed by atoms with Crippen molar-refractivity contribution in [2.24, 2.45) is 0 Å². The van der Waals surface area contributed by atoms with Crippen LogP contribution in [0.25, 0.3) is 0 Å². The van der Waals surface area contributed by atoms with Crippen molar-refractivity contribution in [2.45, 2.75) is 33.3 Å². The lowest BCUT2D eigenvalue weighted by atomic mass is 10.2. The van der Waals surface area contributed by atoms with Gasteiger partial charge in [0.15, 0.2) is 0 Å². The van der Waals surface area contributed by atoms with Gasteiger partial charge in [0.1, 0.15) is 11.9 Å². The summed E-state index contributed by atoms with van der Waals surface area (Å²) < 4.78 is 9.37. The van der Waals surface area contributed by atoms with Gasteiger partial charge in [-0.15, -0.1) is 0 Å². The Hall–Kier alpha value is -2.00. The molecule has 0 aliphatic carbocycles. The maximum atomic E-state index is 10.7. The number of alkyl carbamates (subject to hydrolysis) is 1. The van der Waals surface area contributed by atoms with Crippen LogP contribution in [0, 0.1) is 0 Å². The summed E-state index contributed by atoms with van der Waals surface area (Å²) in [5, 5.41) is 2.26. The Morgan fingerprint density at radius 3 is 1.91 bits per heavy atom. The van der Waals surface area contributed by atoms with Gasteiger partial charge in [0.2, 0.25) is 6.29 Å². The quantitative estimate of drug-likeness (QED) is 0.364. The van der Waals surface area contributed by atoms with E-state index in [1.165, 1.54) is 7.05 Å². The Balaban J connectivity index is -0.000000280. The number of hydrogen-bond donors (Lipinski definition) is 3. The summed E-state index contributed by atoms with van der Waals surface area (Å²) >= 11 is 0. The van der Waals surface area contributed by atoms with E-state index in [-0.39, 0.29) is 12.8 Å². The van der Waals surface area contributed by atoms with E-state index in [4.69, 9.17) is 4.74 Å². The number of carbonyl (C=O) groups excluding carboxylic acids is 4. The Labute approximate surface area is 131 Å². The molecule has 0 bridgehead atoms. The van der Waals surface area contributed by atoms with Crippen LogP contribution in [-0.4, -0.2) is 57.5 Å². The van der Waals surface area contributed by atoms with Gasteiger partial charge in [-0.3, -0.25) is 15.0 Å². The second-order valence-electron chi connectivity index (χ2n) is 4.48. The van der Waals surface area contributed by atoms with Crippen LogP contribution in [0.15, 0.2) is 0 Å². The number of ether oxygens (including phenoxy) is 2. The largest absolute Gasteiger partial charge is 0.444 e. The summed E-state index contributed by atoms with van der Waals surface area (Å²) in [4.78, 5) is 39.8. The lowest BCUT2D eigenvalue weighted by Crippen LogP contribution is -2.34. The first-order chi connectivity index (χ1) is 10.2. The predicted molar refractivity (Wildman–Crippen MR) is 81.1 cm³/mol. The van der Waals surface area contributed by atoms with Crippen molar-refractivity contribution in [1.29, 1.82) is 0 Å². The number of rotatable bonds is 5. The molecule has 0 saturated heterocycles. The van der Waals surface area contributed by atoms with E-state index in [0.717, 1.165) is 6.61 Å². The predicted octanol–water partition coefficient (Wildman–Crippen LogP) is -0.201. The molecular weight excluding hydrogens is 294 g/mol. The molecule has 0 spiro atoms. The Bertz CT molecular complexity index is 313. The van der Waals surface area contributed by atoms with E-state index in [0.29, 0.717) is 6.29 Å². The van der Waals surface area contributed by atoms with Crippen molar-refractivity contribution in [3.8, 4) is 0 Å². The van der Waals surface area contributed by atoms with Gasteiger partial charge in [0.25, 0.3) is 5.91 Å². The Morgan fingerprint density at radius 2 is 1.68 bits per heavy atom. The number of methoxy groups -OCH3 is 1. The zero-order valence-electron chi connectivity index (χ0n) is 14.0. The average molecular weight is 321 g/mol. The first-order valence-electron chi connectivity index (χ1n) is 6.49. The average Bonchev–Trinajstić information content (AvgIpc) is 2.44. The number of hydrazine groups is 1. The normalized spacial score (nSPS) is 9.00. The van der Waals surface area contributed by atoms with Crippen molar-refractivity contribution in [3.63, 3.8) is 0 Å². The lowest BCUT2D eigenvalue weighted by molar-refractivity contribution is -0.131. The molecule has 0 unspecified atom stereocenters. The SMILES string of the molecule is CC(C)(C)OC(=O)NCC=O.CCOC.CNNC(=O)C=O. The van der Waals surface area contributed by atoms with Crippen LogP contribution in [0.4, 0.5) is 4.79 Å². The number of hydrogen-bond acceptors (Lipinski definition) is 7. The van der Waals surface area contributed by atoms with Crippen LogP contribution >= 0.6 is 0 Å². The Morgan fingerprint density at radius 1 is 1.18 bits per heavy atom. The maximum absolute atomic E-state index is 10.7. The zero-order valence-corrected chi connectivity index (χ0v) is 14.0. The van der Waals surface area contributed by atoms with E-state index in [1.807, 2.05) is 12.3 Å². The zero-order chi connectivity index (χ0) is 18.0. The van der Waals surface area contributed by atoms with Gasteiger partial charge in [-0.25, -0.2) is 10.2 Å². The fraction of sp³-hybridized carbons (Fsp3) is 0.692. The summed E-state index contributed by atoms with van der Waals surface area (Å²) in [6.45, 7) is 8.05. The van der Waals surface area contributed by atoms with Gasteiger partial charge >= 0.3 is 6.09 Å². The molecule has 0 heterocycles. The van der Waals surface area contributed by atoms with Gasteiger partial charge in [0.05, 0.1) is 6.54 Å². The third kappa shape index (κ3) is 30.8. The molecule has 0 aromatic carbocycles. The van der Waals surface area contributed by atoms with Gasteiger partial charge in [0, 0.05) is 20.8 Å². The second-order valence-corrected chi connectivity index (χ2v) is 4.48. The minimum atomic E-state index is -0.664. The van der Waals surface area contributed by atoms with Crippen molar-refractivity contribution >= 4 is 24.6 Å². The number of nitrogens with one attached hydrogen (secondary N) is 3. The summed E-state index contributed by atoms with van der Waals surface area (Å²) in [7, 11) is 3.18. The van der Waals surface area contributed by atoms with Crippen LogP contribution in [0.2, 0.25) is 0 Å². The van der Waals surface area contributed by atoms with E-state index in [1.54, 1.807) is 27.9 Å². The van der Waals surface area contributed by atoms with Crippen LogP contribution in [0.3, 0.4) is 0 Å². The molecule has 3 N–H and O–H groups in total. The smallest absolute Gasteiger partial charge is 0.408 e. The van der Waals surface area contributed by atoms with Crippen molar-refractivity contribution < 1.29 is 28.7 Å². The molecular formula is C13H27N3O6. The highest BCUT2D eigenvalue weighted by Gasteiger charge is 2.14. The first kappa shape index (κ1) is 25.0.